The number of carbonyl (C=O) groups is 2. The number of nitrogens with zero attached hydrogens (tertiary/aromatic N) is 2. The number of amides is 2. The van der Waals surface area contributed by atoms with Crippen LogP contribution in [0.5, 0.6) is 0 Å². The number of hydrogen-bond acceptors (Lipinski definition) is 3. The normalized spacial score (nSPS) is 19.0. The smallest absolute Gasteiger partial charge is 0.219 e. The van der Waals surface area contributed by atoms with E-state index < -0.39 is 0 Å². The summed E-state index contributed by atoms with van der Waals surface area (Å²) in [5.74, 6) is 0.129. The summed E-state index contributed by atoms with van der Waals surface area (Å²) in [6, 6.07) is 0. The second-order valence-corrected chi connectivity index (χ2v) is 8.41. The summed E-state index contributed by atoms with van der Waals surface area (Å²) < 4.78 is 0. The van der Waals surface area contributed by atoms with Crippen LogP contribution in [0.4, 0.5) is 0 Å². The van der Waals surface area contributed by atoms with Gasteiger partial charge in [-0.15, -0.1) is 0 Å². The molecule has 1 aliphatic heterocycles. The molecule has 0 fully saturated rings. The minimum Gasteiger partial charge on any atom is -0.356 e. The van der Waals surface area contributed by atoms with Gasteiger partial charge in [0.25, 0.3) is 0 Å². The van der Waals surface area contributed by atoms with Gasteiger partial charge < -0.3 is 15.1 Å². The number of rotatable bonds is 8. The number of nitrogens with one attached hydrogen (secondary N) is 1. The fourth-order valence-electron chi connectivity index (χ4n) is 3.92. The minimum atomic E-state index is -0.00730. The third kappa shape index (κ3) is 15.2. The zero-order chi connectivity index (χ0) is 21.2. The molecule has 0 aromatic rings. The maximum Gasteiger partial charge on any atom is 0.219 e. The van der Waals surface area contributed by atoms with E-state index >= 15 is 0 Å². The molecule has 0 saturated carbocycles. The Morgan fingerprint density at radius 1 is 0.828 bits per heavy atom. The van der Waals surface area contributed by atoms with Gasteiger partial charge in [0.05, 0.1) is 0 Å². The highest BCUT2D eigenvalue weighted by atomic mass is 16.2. The lowest BCUT2D eigenvalue weighted by Crippen LogP contribution is -2.35. The van der Waals surface area contributed by atoms with E-state index in [1.165, 1.54) is 84.2 Å². The fraction of sp³-hybridized carbons (Fsp3) is 0.833. The van der Waals surface area contributed by atoms with Crippen LogP contribution in [0.1, 0.15) is 90.9 Å². The Balaban J connectivity index is 2.34. The average molecular weight is 408 g/mol. The van der Waals surface area contributed by atoms with Crippen LogP contribution in [-0.4, -0.2) is 60.9 Å². The van der Waals surface area contributed by atoms with Gasteiger partial charge >= 0.3 is 0 Å². The molecule has 0 bridgehead atoms. The van der Waals surface area contributed by atoms with Gasteiger partial charge in [-0.1, -0.05) is 37.8 Å². The van der Waals surface area contributed by atoms with E-state index in [0.29, 0.717) is 6.54 Å². The molecule has 2 amide bonds. The van der Waals surface area contributed by atoms with Crippen molar-refractivity contribution in [3.05, 3.63) is 12.2 Å². The van der Waals surface area contributed by atoms with Crippen molar-refractivity contribution in [3.63, 3.8) is 0 Å². The Bertz CT molecular complexity index is 465. The second-order valence-electron chi connectivity index (χ2n) is 8.41. The Morgan fingerprint density at radius 2 is 1.38 bits per heavy atom. The highest BCUT2D eigenvalue weighted by Gasteiger charge is 2.10. The van der Waals surface area contributed by atoms with Crippen LogP contribution in [0, 0.1) is 0 Å². The Kier molecular flexibility index (Phi) is 15.5. The molecule has 0 unspecified atom stereocenters. The molecular formula is C24H45N3O2. The Labute approximate surface area is 179 Å². The summed E-state index contributed by atoms with van der Waals surface area (Å²) in [4.78, 5) is 27.4. The first kappa shape index (κ1) is 25.7. The predicted octanol–water partition coefficient (Wildman–Crippen LogP) is 4.52. The predicted molar refractivity (Wildman–Crippen MR) is 122 cm³/mol. The zero-order valence-electron chi connectivity index (χ0n) is 19.1. The Morgan fingerprint density at radius 3 is 2.03 bits per heavy atom. The monoisotopic (exact) mass is 407 g/mol. The van der Waals surface area contributed by atoms with Crippen molar-refractivity contribution in [2.24, 2.45) is 0 Å². The fourth-order valence-corrected chi connectivity index (χ4v) is 3.92. The van der Waals surface area contributed by atoms with E-state index in [1.807, 2.05) is 4.90 Å². The van der Waals surface area contributed by atoms with Crippen LogP contribution in [0.25, 0.3) is 0 Å². The minimum absolute atomic E-state index is 0.00730. The topological polar surface area (TPSA) is 52.7 Å². The lowest BCUT2D eigenvalue weighted by molar-refractivity contribution is -0.129. The first-order valence-electron chi connectivity index (χ1n) is 12.0. The van der Waals surface area contributed by atoms with Gasteiger partial charge in [0.1, 0.15) is 0 Å². The molecule has 0 radical (unpaired) electrons. The SMILES string of the molecule is CC(=O)NCCCN(CCCN1CCCC/C=C/CCCCCCCC1)C(C)=O. The molecule has 0 spiro atoms. The molecule has 1 rings (SSSR count). The van der Waals surface area contributed by atoms with Crippen LogP contribution < -0.4 is 5.32 Å². The third-order valence-electron chi connectivity index (χ3n) is 5.68. The molecule has 0 atom stereocenters. The number of carbonyl (C=O) groups excluding carboxylic acids is 2. The standard InChI is InChI=1S/C24H45N3O2/c1-23(28)25-17-15-21-27(24(2)29)22-16-20-26-18-13-11-9-7-5-3-4-6-8-10-12-14-19-26/h5,7H,3-4,6,8-22H2,1-2H3,(H,25,28)/b7-5+. The summed E-state index contributed by atoms with van der Waals surface area (Å²) in [7, 11) is 0. The van der Waals surface area contributed by atoms with Crippen molar-refractivity contribution < 1.29 is 9.59 Å². The van der Waals surface area contributed by atoms with Gasteiger partial charge in [0.2, 0.25) is 11.8 Å². The first-order chi connectivity index (χ1) is 14.1. The van der Waals surface area contributed by atoms with Crippen molar-refractivity contribution >= 4 is 11.8 Å². The van der Waals surface area contributed by atoms with Crippen molar-refractivity contribution in [2.45, 2.75) is 90.9 Å². The Hall–Kier alpha value is -1.36. The molecule has 0 aliphatic carbocycles. The van der Waals surface area contributed by atoms with Gasteiger partial charge in [-0.05, 0) is 71.0 Å². The number of hydrogen-bond donors (Lipinski definition) is 1. The molecule has 1 aliphatic rings. The summed E-state index contributed by atoms with van der Waals surface area (Å²) >= 11 is 0. The van der Waals surface area contributed by atoms with Crippen molar-refractivity contribution in [2.75, 3.05) is 39.3 Å². The third-order valence-corrected chi connectivity index (χ3v) is 5.68. The zero-order valence-corrected chi connectivity index (χ0v) is 19.1. The van der Waals surface area contributed by atoms with E-state index in [0.717, 1.165) is 32.5 Å². The molecule has 1 heterocycles. The lowest BCUT2D eigenvalue weighted by atomic mass is 10.1. The summed E-state index contributed by atoms with van der Waals surface area (Å²) in [6.07, 6.45) is 19.7. The van der Waals surface area contributed by atoms with Crippen molar-refractivity contribution in [1.82, 2.24) is 15.1 Å². The number of allylic oxidation sites excluding steroid dienone is 2. The van der Waals surface area contributed by atoms with Crippen LogP contribution >= 0.6 is 0 Å². The van der Waals surface area contributed by atoms with E-state index in [-0.39, 0.29) is 11.8 Å². The quantitative estimate of drug-likeness (QED) is 0.475. The van der Waals surface area contributed by atoms with E-state index in [2.05, 4.69) is 22.4 Å². The molecule has 0 aromatic carbocycles. The van der Waals surface area contributed by atoms with Gasteiger partial charge in [-0.25, -0.2) is 0 Å². The van der Waals surface area contributed by atoms with E-state index in [9.17, 15) is 9.59 Å². The molecule has 5 nitrogen and oxygen atoms in total. The molecule has 1 N–H and O–H groups in total. The summed E-state index contributed by atoms with van der Waals surface area (Å²) in [5, 5.41) is 2.80. The highest BCUT2D eigenvalue weighted by Crippen LogP contribution is 2.11. The molecule has 0 saturated heterocycles. The van der Waals surface area contributed by atoms with E-state index in [4.69, 9.17) is 0 Å². The summed E-state index contributed by atoms with van der Waals surface area (Å²) in [6.45, 7) is 8.80. The maximum atomic E-state index is 11.9. The largest absolute Gasteiger partial charge is 0.356 e. The van der Waals surface area contributed by atoms with Gasteiger partial charge in [0.15, 0.2) is 0 Å². The maximum absolute atomic E-state index is 11.9. The molecule has 29 heavy (non-hydrogen) atoms. The van der Waals surface area contributed by atoms with Crippen LogP contribution in [0.3, 0.4) is 0 Å². The van der Waals surface area contributed by atoms with Gasteiger partial charge in [0, 0.05) is 33.5 Å². The summed E-state index contributed by atoms with van der Waals surface area (Å²) in [5.41, 5.74) is 0. The van der Waals surface area contributed by atoms with Gasteiger partial charge in [-0.2, -0.15) is 0 Å². The van der Waals surface area contributed by atoms with Crippen LogP contribution in [0.15, 0.2) is 12.2 Å². The van der Waals surface area contributed by atoms with Gasteiger partial charge in [-0.3, -0.25) is 9.59 Å². The lowest BCUT2D eigenvalue weighted by Gasteiger charge is -2.25. The molecule has 0 aromatic heterocycles. The van der Waals surface area contributed by atoms with Crippen molar-refractivity contribution in [3.8, 4) is 0 Å². The van der Waals surface area contributed by atoms with Crippen LogP contribution in [0.2, 0.25) is 0 Å². The average Bonchev–Trinajstić information content (AvgIpc) is 2.69. The first-order valence-corrected chi connectivity index (χ1v) is 12.0. The van der Waals surface area contributed by atoms with Crippen LogP contribution in [-0.2, 0) is 9.59 Å². The molecule has 168 valence electrons. The van der Waals surface area contributed by atoms with Crippen molar-refractivity contribution in [1.29, 1.82) is 0 Å². The molecule has 5 heteroatoms. The highest BCUT2D eigenvalue weighted by molar-refractivity contribution is 5.73. The van der Waals surface area contributed by atoms with E-state index in [1.54, 1.807) is 6.92 Å². The molecular weight excluding hydrogens is 362 g/mol. The second kappa shape index (κ2) is 17.5.